The standard InChI is InChI=1S/C5H10NO3P.C5H10O2/c6-10(9)4-2-1-3-5(7)8;1-2-3-4-5(6)7/h1-4H2,(H2-,6,7,8,9);2-4H2,1H3,(H,6,7)/p+1. The van der Waals surface area contributed by atoms with Crippen LogP contribution in [-0.4, -0.2) is 28.3 Å². The third-order valence-electron chi connectivity index (χ3n) is 1.76. The number of hydrogen-bond donors (Lipinski definition) is 3. The maximum atomic E-state index is 10.3. The SMILES string of the molecule is CCCCC(=O)O.N[P+](=O)CCCCC(=O)O. The molecule has 100 valence electrons. The van der Waals surface area contributed by atoms with Crippen LogP contribution in [0.4, 0.5) is 0 Å². The molecule has 0 radical (unpaired) electrons. The molecule has 1 atom stereocenters. The molecule has 0 aromatic heterocycles. The zero-order chi connectivity index (χ0) is 13.7. The Morgan fingerprint density at radius 2 is 1.53 bits per heavy atom. The van der Waals surface area contributed by atoms with Crippen molar-refractivity contribution in [3.05, 3.63) is 0 Å². The lowest BCUT2D eigenvalue weighted by atomic mass is 10.3. The zero-order valence-electron chi connectivity index (χ0n) is 10.1. The second-order valence-corrected chi connectivity index (χ2v) is 4.77. The first-order chi connectivity index (χ1) is 7.90. The van der Waals surface area contributed by atoms with Gasteiger partial charge in [0.2, 0.25) is 0 Å². The van der Waals surface area contributed by atoms with E-state index in [-0.39, 0.29) is 6.42 Å². The van der Waals surface area contributed by atoms with Gasteiger partial charge in [-0.25, -0.2) is 0 Å². The summed E-state index contributed by atoms with van der Waals surface area (Å²) in [4.78, 5) is 19.7. The molecule has 0 amide bonds. The van der Waals surface area contributed by atoms with Gasteiger partial charge in [-0.3, -0.25) is 9.59 Å². The van der Waals surface area contributed by atoms with Crippen molar-refractivity contribution in [2.45, 2.75) is 45.4 Å². The first kappa shape index (κ1) is 18.4. The van der Waals surface area contributed by atoms with Crippen LogP contribution in [0.2, 0.25) is 0 Å². The van der Waals surface area contributed by atoms with E-state index >= 15 is 0 Å². The highest BCUT2D eigenvalue weighted by molar-refractivity contribution is 7.41. The van der Waals surface area contributed by atoms with Crippen molar-refractivity contribution in [3.8, 4) is 0 Å². The first-order valence-corrected chi connectivity index (χ1v) is 7.04. The van der Waals surface area contributed by atoms with E-state index in [0.29, 0.717) is 25.4 Å². The van der Waals surface area contributed by atoms with Crippen molar-refractivity contribution in [3.63, 3.8) is 0 Å². The van der Waals surface area contributed by atoms with Crippen molar-refractivity contribution >= 4 is 19.9 Å². The van der Waals surface area contributed by atoms with Gasteiger partial charge in [-0.2, -0.15) is 0 Å². The minimum absolute atomic E-state index is 0.142. The van der Waals surface area contributed by atoms with E-state index < -0.39 is 19.9 Å². The molecule has 1 unspecified atom stereocenters. The monoisotopic (exact) mass is 266 g/mol. The molecule has 0 aromatic carbocycles. The number of nitrogens with two attached hydrogens (primary N) is 1. The van der Waals surface area contributed by atoms with Gasteiger partial charge in [-0.05, 0) is 19.3 Å². The summed E-state index contributed by atoms with van der Waals surface area (Å²) in [7, 11) is -1.57. The highest BCUT2D eigenvalue weighted by Crippen LogP contribution is 2.11. The number of aliphatic carboxylic acids is 2. The van der Waals surface area contributed by atoms with Gasteiger partial charge in [0.25, 0.3) is 0 Å². The third kappa shape index (κ3) is 25.4. The molecule has 0 fully saturated rings. The van der Waals surface area contributed by atoms with E-state index in [9.17, 15) is 14.2 Å². The third-order valence-corrected chi connectivity index (χ3v) is 2.52. The van der Waals surface area contributed by atoms with Gasteiger partial charge in [0.1, 0.15) is 0 Å². The van der Waals surface area contributed by atoms with Crippen molar-refractivity contribution in [2.24, 2.45) is 5.50 Å². The van der Waals surface area contributed by atoms with E-state index in [4.69, 9.17) is 15.7 Å². The molecule has 6 nitrogen and oxygen atoms in total. The molecule has 7 heteroatoms. The summed E-state index contributed by atoms with van der Waals surface area (Å²) in [6.07, 6.45) is 3.86. The largest absolute Gasteiger partial charge is 0.481 e. The van der Waals surface area contributed by atoms with E-state index in [1.54, 1.807) is 0 Å². The van der Waals surface area contributed by atoms with Crippen molar-refractivity contribution in [1.82, 2.24) is 0 Å². The van der Waals surface area contributed by atoms with Crippen LogP contribution in [0.1, 0.15) is 45.4 Å². The normalized spacial score (nSPS) is 10.1. The van der Waals surface area contributed by atoms with Gasteiger partial charge in [0, 0.05) is 12.8 Å². The minimum Gasteiger partial charge on any atom is -0.481 e. The fourth-order valence-corrected chi connectivity index (χ4v) is 1.41. The fourth-order valence-electron chi connectivity index (χ4n) is 0.872. The van der Waals surface area contributed by atoms with Crippen LogP contribution in [0.15, 0.2) is 0 Å². The maximum Gasteiger partial charge on any atom is 0.429 e. The Kier molecular flexibility index (Phi) is 14.1. The van der Waals surface area contributed by atoms with Crippen molar-refractivity contribution in [2.75, 3.05) is 6.16 Å². The molecule has 0 rings (SSSR count). The highest BCUT2D eigenvalue weighted by Gasteiger charge is 2.06. The maximum absolute atomic E-state index is 10.3. The Morgan fingerprint density at radius 1 is 1.06 bits per heavy atom. The van der Waals surface area contributed by atoms with Gasteiger partial charge in [0.15, 0.2) is 6.16 Å². The van der Waals surface area contributed by atoms with Crippen LogP contribution in [0.25, 0.3) is 0 Å². The Balaban J connectivity index is 0. The minimum atomic E-state index is -1.57. The van der Waals surface area contributed by atoms with Gasteiger partial charge in [-0.15, -0.1) is 5.50 Å². The summed E-state index contributed by atoms with van der Waals surface area (Å²) < 4.78 is 10.3. The van der Waals surface area contributed by atoms with Crippen molar-refractivity contribution < 1.29 is 24.4 Å². The molecule has 0 aromatic rings. The summed E-state index contributed by atoms with van der Waals surface area (Å²) in [5.74, 6) is -1.51. The molecule has 0 aliphatic carbocycles. The zero-order valence-corrected chi connectivity index (χ0v) is 11.0. The van der Waals surface area contributed by atoms with Crippen molar-refractivity contribution in [1.29, 1.82) is 0 Å². The Hall–Kier alpha value is -1.00. The predicted molar refractivity (Wildman–Crippen MR) is 65.3 cm³/mol. The fraction of sp³-hybridized carbons (Fsp3) is 0.800. The molecule has 0 heterocycles. The number of carboxylic acid groups (broad SMARTS) is 2. The van der Waals surface area contributed by atoms with Gasteiger partial charge in [0.05, 0.1) is 0 Å². The lowest BCUT2D eigenvalue weighted by Gasteiger charge is -1.87. The summed E-state index contributed by atoms with van der Waals surface area (Å²) in [6, 6.07) is 0. The van der Waals surface area contributed by atoms with E-state index in [2.05, 4.69) is 0 Å². The smallest absolute Gasteiger partial charge is 0.429 e. The molecule has 0 saturated heterocycles. The van der Waals surface area contributed by atoms with E-state index in [1.807, 2.05) is 6.92 Å². The Bertz CT molecular complexity index is 229. The lowest BCUT2D eigenvalue weighted by molar-refractivity contribution is -0.138. The van der Waals surface area contributed by atoms with Crippen LogP contribution < -0.4 is 5.50 Å². The molecular formula is C10H21NO5P+. The quantitative estimate of drug-likeness (QED) is 0.458. The topological polar surface area (TPSA) is 118 Å². The molecule has 0 spiro atoms. The lowest BCUT2D eigenvalue weighted by Crippen LogP contribution is -1.95. The Labute approximate surface area is 102 Å². The number of carboxylic acids is 2. The van der Waals surface area contributed by atoms with Gasteiger partial charge in [-0.1, -0.05) is 17.9 Å². The molecule has 17 heavy (non-hydrogen) atoms. The van der Waals surface area contributed by atoms with Gasteiger partial charge < -0.3 is 10.2 Å². The molecule has 0 aliphatic heterocycles. The Morgan fingerprint density at radius 3 is 1.82 bits per heavy atom. The van der Waals surface area contributed by atoms with E-state index in [0.717, 1.165) is 12.8 Å². The number of rotatable bonds is 8. The molecule has 0 bridgehead atoms. The van der Waals surface area contributed by atoms with Crippen LogP contribution in [0.3, 0.4) is 0 Å². The second kappa shape index (κ2) is 13.1. The second-order valence-electron chi connectivity index (χ2n) is 3.49. The molecular weight excluding hydrogens is 245 g/mol. The number of hydrogen-bond acceptors (Lipinski definition) is 3. The van der Waals surface area contributed by atoms with Crippen LogP contribution in [-0.2, 0) is 14.2 Å². The molecule has 4 N–H and O–H groups in total. The number of unbranched alkanes of at least 4 members (excludes halogenated alkanes) is 2. The van der Waals surface area contributed by atoms with Crippen LogP contribution in [0, 0.1) is 0 Å². The molecule has 0 aliphatic rings. The highest BCUT2D eigenvalue weighted by atomic mass is 31.1. The first-order valence-electron chi connectivity index (χ1n) is 5.53. The summed E-state index contributed by atoms with van der Waals surface area (Å²) in [5.41, 5.74) is 4.97. The number of carbonyl (C=O) groups is 2. The summed E-state index contributed by atoms with van der Waals surface area (Å²) >= 11 is 0. The summed E-state index contributed by atoms with van der Waals surface area (Å²) in [5, 5.41) is 16.2. The van der Waals surface area contributed by atoms with Crippen LogP contribution >= 0.6 is 7.95 Å². The van der Waals surface area contributed by atoms with Crippen LogP contribution in [0.5, 0.6) is 0 Å². The summed E-state index contributed by atoms with van der Waals surface area (Å²) in [6.45, 7) is 1.98. The average Bonchev–Trinajstić information content (AvgIpc) is 2.22. The molecule has 0 saturated carbocycles. The van der Waals surface area contributed by atoms with Gasteiger partial charge >= 0.3 is 19.9 Å². The average molecular weight is 266 g/mol. The van der Waals surface area contributed by atoms with E-state index in [1.165, 1.54) is 0 Å². The predicted octanol–water partition coefficient (Wildman–Crippen LogP) is 2.20.